The second-order valence-corrected chi connectivity index (χ2v) is 6.84. The van der Waals surface area contributed by atoms with E-state index in [-0.39, 0.29) is 6.54 Å². The van der Waals surface area contributed by atoms with Crippen molar-refractivity contribution in [2.45, 2.75) is 29.2 Å². The minimum atomic E-state index is -3.52. The molecule has 0 atom stereocenters. The van der Waals surface area contributed by atoms with Gasteiger partial charge in [0.05, 0.1) is 4.90 Å². The van der Waals surface area contributed by atoms with E-state index >= 15 is 0 Å². The number of thioether (sulfide) groups is 1. The van der Waals surface area contributed by atoms with Gasteiger partial charge in [-0.05, 0) is 32.2 Å². The molecule has 0 saturated carbocycles. The maximum Gasteiger partial charge on any atom is 0.242 e. The van der Waals surface area contributed by atoms with Crippen LogP contribution in [-0.2, 0) is 10.0 Å². The molecule has 0 saturated heterocycles. The molecule has 17 heavy (non-hydrogen) atoms. The summed E-state index contributed by atoms with van der Waals surface area (Å²) >= 11 is 1.41. The van der Waals surface area contributed by atoms with Gasteiger partial charge in [0.2, 0.25) is 10.0 Å². The molecule has 0 radical (unpaired) electrons. The van der Waals surface area contributed by atoms with Crippen molar-refractivity contribution >= 4 is 21.8 Å². The highest BCUT2D eigenvalue weighted by Gasteiger charge is 2.26. The molecule has 1 aromatic carbocycles. The number of hydrogen-bond acceptors (Lipinski definition) is 4. The first kappa shape index (κ1) is 14.5. The van der Waals surface area contributed by atoms with E-state index in [0.717, 1.165) is 4.90 Å². The first-order valence-corrected chi connectivity index (χ1v) is 7.90. The third-order valence-corrected chi connectivity index (χ3v) is 4.96. The fraction of sp³-hybridized carbons (Fsp3) is 0.455. The van der Waals surface area contributed by atoms with Gasteiger partial charge in [-0.15, -0.1) is 11.8 Å². The van der Waals surface area contributed by atoms with Crippen LogP contribution in [0.4, 0.5) is 0 Å². The van der Waals surface area contributed by atoms with Gasteiger partial charge >= 0.3 is 0 Å². The molecule has 6 heteroatoms. The zero-order chi connectivity index (χ0) is 13.1. The summed E-state index contributed by atoms with van der Waals surface area (Å²) in [5.74, 6) is 0. The third-order valence-electron chi connectivity index (χ3n) is 2.28. The number of nitrogens with one attached hydrogen (secondary N) is 1. The topological polar surface area (TPSA) is 72.2 Å². The zero-order valence-electron chi connectivity index (χ0n) is 10.2. The average Bonchev–Trinajstić information content (AvgIpc) is 2.28. The summed E-state index contributed by atoms with van der Waals surface area (Å²) in [6.07, 6.45) is 1.85. The van der Waals surface area contributed by atoms with E-state index in [2.05, 4.69) is 4.72 Å². The molecule has 0 spiro atoms. The molecule has 0 heterocycles. The van der Waals surface area contributed by atoms with E-state index in [1.165, 1.54) is 11.8 Å². The van der Waals surface area contributed by atoms with Crippen LogP contribution in [-0.4, -0.2) is 26.8 Å². The van der Waals surface area contributed by atoms with Crippen LogP contribution in [0.1, 0.15) is 13.8 Å². The highest BCUT2D eigenvalue weighted by atomic mass is 32.2. The summed E-state index contributed by atoms with van der Waals surface area (Å²) < 4.78 is 27.0. The molecule has 1 rings (SSSR count). The Morgan fingerprint density at radius 2 is 1.94 bits per heavy atom. The SMILES string of the molecule is CSc1ccccc1S(=O)(=O)NC(C)(C)CN. The van der Waals surface area contributed by atoms with Crippen LogP contribution in [0.3, 0.4) is 0 Å². The van der Waals surface area contributed by atoms with Crippen molar-refractivity contribution in [1.29, 1.82) is 0 Å². The van der Waals surface area contributed by atoms with E-state index in [1.807, 2.05) is 12.3 Å². The predicted octanol–water partition coefficient (Wildman–Crippen LogP) is 1.42. The maximum atomic E-state index is 12.2. The van der Waals surface area contributed by atoms with Crippen molar-refractivity contribution in [2.75, 3.05) is 12.8 Å². The molecule has 0 aromatic heterocycles. The van der Waals surface area contributed by atoms with Gasteiger partial charge in [-0.25, -0.2) is 13.1 Å². The molecule has 0 aliphatic rings. The summed E-state index contributed by atoms with van der Waals surface area (Å²) in [6.45, 7) is 3.76. The molecular weight excluding hydrogens is 256 g/mol. The minimum absolute atomic E-state index is 0.244. The van der Waals surface area contributed by atoms with Crippen LogP contribution < -0.4 is 10.5 Å². The van der Waals surface area contributed by atoms with Gasteiger partial charge in [0, 0.05) is 17.0 Å². The highest BCUT2D eigenvalue weighted by molar-refractivity contribution is 7.99. The van der Waals surface area contributed by atoms with Crippen molar-refractivity contribution in [2.24, 2.45) is 5.73 Å². The Bertz CT molecular complexity index is 484. The Hall–Kier alpha value is -0.560. The lowest BCUT2D eigenvalue weighted by Gasteiger charge is -2.24. The number of hydrogen-bond donors (Lipinski definition) is 2. The largest absolute Gasteiger partial charge is 0.329 e. The molecule has 0 fully saturated rings. The summed E-state index contributed by atoms with van der Waals surface area (Å²) in [7, 11) is -3.52. The fourth-order valence-corrected chi connectivity index (χ4v) is 3.88. The van der Waals surface area contributed by atoms with Gasteiger partial charge in [0.25, 0.3) is 0 Å². The lowest BCUT2D eigenvalue weighted by atomic mass is 10.1. The van der Waals surface area contributed by atoms with Crippen molar-refractivity contribution in [3.63, 3.8) is 0 Å². The van der Waals surface area contributed by atoms with Crippen LogP contribution in [0, 0.1) is 0 Å². The smallest absolute Gasteiger partial charge is 0.242 e. The first-order valence-electron chi connectivity index (χ1n) is 5.19. The van der Waals surface area contributed by atoms with Crippen molar-refractivity contribution in [1.82, 2.24) is 4.72 Å². The van der Waals surface area contributed by atoms with Gasteiger partial charge in [-0.3, -0.25) is 0 Å². The van der Waals surface area contributed by atoms with Gasteiger partial charge in [-0.2, -0.15) is 0 Å². The molecule has 0 aliphatic heterocycles. The Labute approximate surface area is 107 Å². The van der Waals surface area contributed by atoms with Crippen molar-refractivity contribution in [3.05, 3.63) is 24.3 Å². The van der Waals surface area contributed by atoms with E-state index in [9.17, 15) is 8.42 Å². The van der Waals surface area contributed by atoms with Gasteiger partial charge in [0.1, 0.15) is 0 Å². The number of nitrogens with two attached hydrogens (primary N) is 1. The van der Waals surface area contributed by atoms with Crippen molar-refractivity contribution in [3.8, 4) is 0 Å². The lowest BCUT2D eigenvalue weighted by molar-refractivity contribution is 0.462. The number of rotatable bonds is 5. The summed E-state index contributed by atoms with van der Waals surface area (Å²) in [5.41, 5.74) is 4.88. The summed E-state index contributed by atoms with van der Waals surface area (Å²) in [5, 5.41) is 0. The number of sulfonamides is 1. The molecule has 3 N–H and O–H groups in total. The normalized spacial score (nSPS) is 12.7. The monoisotopic (exact) mass is 274 g/mol. The Morgan fingerprint density at radius 3 is 2.47 bits per heavy atom. The molecule has 0 unspecified atom stereocenters. The van der Waals surface area contributed by atoms with E-state index in [4.69, 9.17) is 5.73 Å². The van der Waals surface area contributed by atoms with E-state index in [1.54, 1.807) is 32.0 Å². The minimum Gasteiger partial charge on any atom is -0.329 e. The second kappa shape index (κ2) is 5.39. The van der Waals surface area contributed by atoms with Crippen LogP contribution in [0.25, 0.3) is 0 Å². The fourth-order valence-electron chi connectivity index (χ4n) is 1.30. The van der Waals surface area contributed by atoms with Gasteiger partial charge in [-0.1, -0.05) is 12.1 Å². The molecular formula is C11H18N2O2S2. The molecule has 0 bridgehead atoms. The maximum absolute atomic E-state index is 12.2. The molecule has 4 nitrogen and oxygen atoms in total. The molecule has 0 amide bonds. The molecule has 0 aliphatic carbocycles. The van der Waals surface area contributed by atoms with E-state index in [0.29, 0.717) is 4.90 Å². The molecule has 96 valence electrons. The quantitative estimate of drug-likeness (QED) is 0.797. The van der Waals surface area contributed by atoms with Gasteiger partial charge < -0.3 is 5.73 Å². The van der Waals surface area contributed by atoms with Crippen molar-refractivity contribution < 1.29 is 8.42 Å². The zero-order valence-corrected chi connectivity index (χ0v) is 11.9. The van der Waals surface area contributed by atoms with Crippen LogP contribution in [0.15, 0.2) is 34.1 Å². The van der Waals surface area contributed by atoms with Crippen LogP contribution in [0.5, 0.6) is 0 Å². The number of benzene rings is 1. The van der Waals surface area contributed by atoms with Crippen LogP contribution in [0.2, 0.25) is 0 Å². The average molecular weight is 274 g/mol. The first-order chi connectivity index (χ1) is 7.82. The van der Waals surface area contributed by atoms with Gasteiger partial charge in [0.15, 0.2) is 0 Å². The lowest BCUT2D eigenvalue weighted by Crippen LogP contribution is -2.48. The highest BCUT2D eigenvalue weighted by Crippen LogP contribution is 2.24. The summed E-state index contributed by atoms with van der Waals surface area (Å²) in [4.78, 5) is 1.03. The Balaban J connectivity index is 3.14. The summed E-state index contributed by atoms with van der Waals surface area (Å²) in [6, 6.07) is 6.91. The Kier molecular flexibility index (Phi) is 4.60. The standard InChI is InChI=1S/C11H18N2O2S2/c1-11(2,8-12)13-17(14,15)10-7-5-4-6-9(10)16-3/h4-7,13H,8,12H2,1-3H3. The second-order valence-electron chi connectivity index (χ2n) is 4.34. The Morgan fingerprint density at radius 1 is 1.35 bits per heavy atom. The third kappa shape index (κ3) is 3.70. The van der Waals surface area contributed by atoms with Crippen LogP contribution >= 0.6 is 11.8 Å². The van der Waals surface area contributed by atoms with E-state index < -0.39 is 15.6 Å². The predicted molar refractivity (Wildman–Crippen MR) is 71.7 cm³/mol. The molecule has 1 aromatic rings.